The van der Waals surface area contributed by atoms with Gasteiger partial charge >= 0.3 is 0 Å². The molecule has 0 aliphatic rings. The van der Waals surface area contributed by atoms with Crippen molar-refractivity contribution < 1.29 is 14.6 Å². The Morgan fingerprint density at radius 3 is 2.58 bits per heavy atom. The number of hydrogen-bond donors (Lipinski definition) is 1. The number of nitrogens with zero attached hydrogens (tertiary/aromatic N) is 3. The van der Waals surface area contributed by atoms with Crippen LogP contribution >= 0.6 is 12.0 Å². The van der Waals surface area contributed by atoms with Gasteiger partial charge in [0.25, 0.3) is 0 Å². The van der Waals surface area contributed by atoms with Crippen LogP contribution in [0.3, 0.4) is 0 Å². The molecule has 96 valence electrons. The highest BCUT2D eigenvalue weighted by atomic mass is 32.2. The average Bonchev–Trinajstić information content (AvgIpc) is 2.89. The molecule has 0 saturated carbocycles. The fraction of sp³-hybridized carbons (Fsp3) is 0. The quantitative estimate of drug-likeness (QED) is 0.448. The second-order valence-electron chi connectivity index (χ2n) is 3.70. The fourth-order valence-corrected chi connectivity index (χ4v) is 2.07. The Balaban J connectivity index is 1.97. The Bertz CT molecular complexity index is 687. The summed E-state index contributed by atoms with van der Waals surface area (Å²) in [6, 6.07) is 15.1. The van der Waals surface area contributed by atoms with Crippen molar-refractivity contribution in [1.82, 2.24) is 15.0 Å². The molecule has 0 fully saturated rings. The van der Waals surface area contributed by atoms with E-state index in [0.717, 1.165) is 33.7 Å². The van der Waals surface area contributed by atoms with E-state index in [1.54, 1.807) is 16.9 Å². The van der Waals surface area contributed by atoms with E-state index in [4.69, 9.17) is 5.26 Å². The van der Waals surface area contributed by atoms with E-state index in [1.165, 1.54) is 0 Å². The summed E-state index contributed by atoms with van der Waals surface area (Å²) in [5, 5.41) is 20.4. The van der Waals surface area contributed by atoms with Gasteiger partial charge in [-0.2, -0.15) is 4.80 Å². The van der Waals surface area contributed by atoms with E-state index in [1.807, 2.05) is 36.4 Å². The minimum Gasteiger partial charge on any atom is -0.220 e. The Morgan fingerprint density at radius 1 is 1.00 bits per heavy atom. The van der Waals surface area contributed by atoms with Crippen molar-refractivity contribution in [3.05, 3.63) is 48.5 Å². The molecule has 3 aromatic rings. The Kier molecular flexibility index (Phi) is 3.43. The number of aromatic nitrogens is 3. The molecule has 0 aliphatic carbocycles. The van der Waals surface area contributed by atoms with Crippen LogP contribution in [-0.2, 0) is 9.37 Å². The van der Waals surface area contributed by atoms with Gasteiger partial charge in [-0.1, -0.05) is 23.2 Å². The summed E-state index contributed by atoms with van der Waals surface area (Å²) in [7, 11) is 0. The summed E-state index contributed by atoms with van der Waals surface area (Å²) in [5.74, 6) is 0. The molecule has 7 heteroatoms. The molecule has 6 nitrogen and oxygen atoms in total. The maximum Gasteiger partial charge on any atom is 0.114 e. The summed E-state index contributed by atoms with van der Waals surface area (Å²) in [5.41, 5.74) is 2.40. The Hall–Kier alpha value is -1.93. The molecule has 0 radical (unpaired) electrons. The van der Waals surface area contributed by atoms with E-state index in [-0.39, 0.29) is 0 Å². The molecule has 0 bridgehead atoms. The molecule has 0 saturated heterocycles. The maximum atomic E-state index is 8.12. The standard InChI is InChI=1S/C12H9N3O3S/c16-17-18-19-10-6-7-11-12(8-10)14-15(13-11)9-4-2-1-3-5-9/h1-8,16H. The van der Waals surface area contributed by atoms with Crippen molar-refractivity contribution >= 4 is 23.1 Å². The van der Waals surface area contributed by atoms with E-state index in [2.05, 4.69) is 19.6 Å². The number of para-hydroxylation sites is 1. The minimum atomic E-state index is 0.732. The van der Waals surface area contributed by atoms with Gasteiger partial charge in [0, 0.05) is 4.90 Å². The van der Waals surface area contributed by atoms with Gasteiger partial charge in [0.05, 0.1) is 17.7 Å². The molecule has 0 atom stereocenters. The summed E-state index contributed by atoms with van der Waals surface area (Å²) in [6.07, 6.45) is 0. The lowest BCUT2D eigenvalue weighted by molar-refractivity contribution is -0.432. The lowest BCUT2D eigenvalue weighted by Gasteiger charge is -1.96. The normalized spacial score (nSPS) is 11.0. The molecule has 0 amide bonds. The molecule has 0 aliphatic heterocycles. The van der Waals surface area contributed by atoms with E-state index >= 15 is 0 Å². The first-order chi connectivity index (χ1) is 9.36. The molecule has 1 aromatic heterocycles. The largest absolute Gasteiger partial charge is 0.220 e. The number of rotatable bonds is 4. The third-order valence-corrected chi connectivity index (χ3v) is 3.07. The average molecular weight is 275 g/mol. The van der Waals surface area contributed by atoms with Crippen molar-refractivity contribution in [2.24, 2.45) is 0 Å². The van der Waals surface area contributed by atoms with E-state index < -0.39 is 0 Å². The summed E-state index contributed by atoms with van der Waals surface area (Å²) in [4.78, 5) is 2.32. The lowest BCUT2D eigenvalue weighted by atomic mass is 10.3. The molecular formula is C12H9N3O3S. The zero-order chi connectivity index (χ0) is 13.1. The second-order valence-corrected chi connectivity index (χ2v) is 4.48. The van der Waals surface area contributed by atoms with Gasteiger partial charge < -0.3 is 0 Å². The van der Waals surface area contributed by atoms with Crippen molar-refractivity contribution in [1.29, 1.82) is 0 Å². The molecule has 1 N–H and O–H groups in total. The van der Waals surface area contributed by atoms with Gasteiger partial charge in [-0.25, -0.2) is 5.26 Å². The molecule has 2 aromatic carbocycles. The number of benzene rings is 2. The summed E-state index contributed by atoms with van der Waals surface area (Å²) < 4.78 is 4.38. The van der Waals surface area contributed by atoms with Crippen molar-refractivity contribution in [2.45, 2.75) is 4.90 Å². The van der Waals surface area contributed by atoms with E-state index in [0.29, 0.717) is 0 Å². The maximum absolute atomic E-state index is 8.12. The van der Waals surface area contributed by atoms with Crippen LogP contribution in [-0.4, -0.2) is 20.3 Å². The van der Waals surface area contributed by atoms with Crippen LogP contribution in [0.1, 0.15) is 0 Å². The van der Waals surface area contributed by atoms with Gasteiger partial charge in [-0.15, -0.1) is 14.5 Å². The molecule has 1 heterocycles. The van der Waals surface area contributed by atoms with Gasteiger partial charge in [0.2, 0.25) is 0 Å². The molecule has 0 unspecified atom stereocenters. The third-order valence-electron chi connectivity index (χ3n) is 2.50. The predicted molar refractivity (Wildman–Crippen MR) is 69.5 cm³/mol. The predicted octanol–water partition coefficient (Wildman–Crippen LogP) is 2.85. The Morgan fingerprint density at radius 2 is 1.79 bits per heavy atom. The van der Waals surface area contributed by atoms with E-state index in [9.17, 15) is 0 Å². The zero-order valence-electron chi connectivity index (χ0n) is 9.63. The van der Waals surface area contributed by atoms with Crippen molar-refractivity contribution in [3.8, 4) is 5.69 Å². The van der Waals surface area contributed by atoms with Crippen LogP contribution in [0.2, 0.25) is 0 Å². The summed E-state index contributed by atoms with van der Waals surface area (Å²) >= 11 is 0.891. The first-order valence-electron chi connectivity index (χ1n) is 5.44. The van der Waals surface area contributed by atoms with Crippen LogP contribution in [0.25, 0.3) is 16.7 Å². The van der Waals surface area contributed by atoms with Gasteiger partial charge in [0.1, 0.15) is 11.0 Å². The second kappa shape index (κ2) is 5.37. The van der Waals surface area contributed by atoms with Crippen LogP contribution in [0, 0.1) is 0 Å². The molecule has 19 heavy (non-hydrogen) atoms. The van der Waals surface area contributed by atoms with Gasteiger partial charge in [-0.3, -0.25) is 0 Å². The van der Waals surface area contributed by atoms with Gasteiger partial charge in [-0.05, 0) is 30.3 Å². The first-order valence-corrected chi connectivity index (χ1v) is 6.18. The fourth-order valence-electron chi connectivity index (χ4n) is 1.68. The van der Waals surface area contributed by atoms with Crippen LogP contribution in [0.4, 0.5) is 0 Å². The van der Waals surface area contributed by atoms with Gasteiger partial charge in [0.15, 0.2) is 0 Å². The highest BCUT2D eigenvalue weighted by Gasteiger charge is 2.06. The summed E-state index contributed by atoms with van der Waals surface area (Å²) in [6.45, 7) is 0. The first kappa shape index (κ1) is 12.1. The monoisotopic (exact) mass is 275 g/mol. The van der Waals surface area contributed by atoms with Crippen LogP contribution < -0.4 is 0 Å². The molecular weight excluding hydrogens is 266 g/mol. The lowest BCUT2D eigenvalue weighted by Crippen LogP contribution is -1.97. The minimum absolute atomic E-state index is 0.732. The topological polar surface area (TPSA) is 69.4 Å². The molecule has 0 spiro atoms. The third kappa shape index (κ3) is 2.59. The Labute approximate surface area is 112 Å². The highest BCUT2D eigenvalue weighted by Crippen LogP contribution is 2.23. The smallest absolute Gasteiger partial charge is 0.114 e. The SMILES string of the molecule is OOOSc1ccc2nn(-c3ccccc3)nc2c1. The van der Waals surface area contributed by atoms with Crippen LogP contribution in [0.5, 0.6) is 0 Å². The van der Waals surface area contributed by atoms with Crippen LogP contribution in [0.15, 0.2) is 53.4 Å². The van der Waals surface area contributed by atoms with Crippen molar-refractivity contribution in [3.63, 3.8) is 0 Å². The number of fused-ring (bicyclic) bond motifs is 1. The highest BCUT2D eigenvalue weighted by molar-refractivity contribution is 7.94. The number of hydrogen-bond acceptors (Lipinski definition) is 6. The van der Waals surface area contributed by atoms with Crippen molar-refractivity contribution in [2.75, 3.05) is 0 Å². The zero-order valence-corrected chi connectivity index (χ0v) is 10.4. The molecule has 3 rings (SSSR count).